The standard InChI is InChI=1S/C26H50NO2.BrH/c1-7-8-9-10-11-12-13-14-15-16-21-27(5,6)23-26(28)29-22-20-25(4)19-17-18-24(2)3;/h18,20H,7-17,19,21-23H2,1-6H3;1H/q+1;/p-1. The number of allylic oxidation sites excluding steroid dienone is 3. The van der Waals surface area contributed by atoms with Crippen molar-refractivity contribution in [2.75, 3.05) is 33.8 Å². The van der Waals surface area contributed by atoms with Crippen LogP contribution in [0.2, 0.25) is 0 Å². The van der Waals surface area contributed by atoms with Gasteiger partial charge < -0.3 is 26.2 Å². The molecule has 0 saturated carbocycles. The summed E-state index contributed by atoms with van der Waals surface area (Å²) in [6, 6.07) is 0. The predicted molar refractivity (Wildman–Crippen MR) is 127 cm³/mol. The number of halogens is 1. The highest BCUT2D eigenvalue weighted by atomic mass is 79.9. The molecule has 0 saturated heterocycles. The third-order valence-corrected chi connectivity index (χ3v) is 5.44. The molecule has 0 heterocycles. The Morgan fingerprint density at radius 3 is 1.90 bits per heavy atom. The number of ether oxygens (including phenoxy) is 1. The van der Waals surface area contributed by atoms with Crippen molar-refractivity contribution in [3.8, 4) is 0 Å². The Bertz CT molecular complexity index is 479. The molecule has 178 valence electrons. The molecular formula is C26H50BrNO2. The van der Waals surface area contributed by atoms with Gasteiger partial charge in [0.15, 0.2) is 6.54 Å². The molecular weight excluding hydrogens is 438 g/mol. The van der Waals surface area contributed by atoms with E-state index in [0.717, 1.165) is 23.9 Å². The lowest BCUT2D eigenvalue weighted by Crippen LogP contribution is -3.00. The van der Waals surface area contributed by atoms with Crippen molar-refractivity contribution >= 4 is 5.97 Å². The summed E-state index contributed by atoms with van der Waals surface area (Å²) in [5, 5.41) is 0. The average molecular weight is 489 g/mol. The summed E-state index contributed by atoms with van der Waals surface area (Å²) < 4.78 is 6.15. The Hall–Kier alpha value is -0.610. The number of hydrogen-bond acceptors (Lipinski definition) is 2. The zero-order valence-corrected chi connectivity index (χ0v) is 22.5. The number of carbonyl (C=O) groups is 1. The van der Waals surface area contributed by atoms with E-state index >= 15 is 0 Å². The molecule has 0 unspecified atom stereocenters. The molecule has 0 fully saturated rings. The normalized spacial score (nSPS) is 11.7. The van der Waals surface area contributed by atoms with E-state index in [2.05, 4.69) is 47.9 Å². The van der Waals surface area contributed by atoms with Crippen molar-refractivity contribution in [3.05, 3.63) is 23.3 Å². The summed E-state index contributed by atoms with van der Waals surface area (Å²) in [6.45, 7) is 10.5. The van der Waals surface area contributed by atoms with E-state index in [4.69, 9.17) is 4.74 Å². The molecule has 0 aliphatic rings. The Kier molecular flexibility index (Phi) is 21.4. The average Bonchev–Trinajstić information content (AvgIpc) is 2.62. The number of carbonyl (C=O) groups excluding carboxylic acids is 1. The van der Waals surface area contributed by atoms with Crippen LogP contribution in [-0.4, -0.2) is 44.2 Å². The summed E-state index contributed by atoms with van der Waals surface area (Å²) in [7, 11) is 4.27. The van der Waals surface area contributed by atoms with Crippen LogP contribution >= 0.6 is 0 Å². The largest absolute Gasteiger partial charge is 1.00 e. The van der Waals surface area contributed by atoms with Gasteiger partial charge in [-0.25, -0.2) is 4.79 Å². The van der Waals surface area contributed by atoms with E-state index in [1.165, 1.54) is 75.4 Å². The van der Waals surface area contributed by atoms with Crippen LogP contribution in [0.15, 0.2) is 23.3 Å². The van der Waals surface area contributed by atoms with E-state index in [0.29, 0.717) is 13.2 Å². The SMILES string of the molecule is CCCCCCCCCCCC[N+](C)(C)CC(=O)OCC=C(C)CCC=C(C)C.[Br-]. The smallest absolute Gasteiger partial charge is 0.362 e. The lowest BCUT2D eigenvalue weighted by molar-refractivity contribution is -0.883. The molecule has 0 rings (SSSR count). The minimum atomic E-state index is -0.0876. The molecule has 0 aromatic rings. The van der Waals surface area contributed by atoms with Gasteiger partial charge in [-0.2, -0.15) is 0 Å². The Morgan fingerprint density at radius 1 is 0.833 bits per heavy atom. The fourth-order valence-electron chi connectivity index (χ4n) is 3.47. The van der Waals surface area contributed by atoms with Crippen molar-refractivity contribution in [2.45, 2.75) is 105 Å². The highest BCUT2D eigenvalue weighted by Gasteiger charge is 2.20. The van der Waals surface area contributed by atoms with Gasteiger partial charge in [0, 0.05) is 0 Å². The Balaban J connectivity index is 0. The van der Waals surface area contributed by atoms with Crippen LogP contribution in [0, 0.1) is 0 Å². The first-order valence-corrected chi connectivity index (χ1v) is 12.0. The summed E-state index contributed by atoms with van der Waals surface area (Å²) >= 11 is 0. The van der Waals surface area contributed by atoms with E-state index in [1.807, 2.05) is 6.08 Å². The van der Waals surface area contributed by atoms with Gasteiger partial charge in [-0.15, -0.1) is 0 Å². The third kappa shape index (κ3) is 22.1. The van der Waals surface area contributed by atoms with Gasteiger partial charge in [0.05, 0.1) is 20.6 Å². The van der Waals surface area contributed by atoms with Crippen LogP contribution in [0.25, 0.3) is 0 Å². The third-order valence-electron chi connectivity index (χ3n) is 5.44. The lowest BCUT2D eigenvalue weighted by atomic mass is 10.1. The number of quaternary nitrogens is 1. The van der Waals surface area contributed by atoms with E-state index < -0.39 is 0 Å². The van der Waals surface area contributed by atoms with E-state index in [-0.39, 0.29) is 23.0 Å². The Labute approximate surface area is 198 Å². The van der Waals surface area contributed by atoms with Gasteiger partial charge in [-0.1, -0.05) is 75.5 Å². The van der Waals surface area contributed by atoms with Gasteiger partial charge in [0.2, 0.25) is 0 Å². The molecule has 30 heavy (non-hydrogen) atoms. The fourth-order valence-corrected chi connectivity index (χ4v) is 3.47. The van der Waals surface area contributed by atoms with Crippen molar-refractivity contribution in [1.29, 1.82) is 0 Å². The number of hydrogen-bond donors (Lipinski definition) is 0. The van der Waals surface area contributed by atoms with Crippen LogP contribution in [0.3, 0.4) is 0 Å². The first-order chi connectivity index (χ1) is 13.8. The van der Waals surface area contributed by atoms with Crippen LogP contribution < -0.4 is 17.0 Å². The molecule has 0 aromatic heterocycles. The van der Waals surface area contributed by atoms with Crippen molar-refractivity contribution in [2.24, 2.45) is 0 Å². The minimum absolute atomic E-state index is 0. The van der Waals surface area contributed by atoms with Gasteiger partial charge in [0.1, 0.15) is 6.61 Å². The number of esters is 1. The Morgan fingerprint density at radius 2 is 1.37 bits per heavy atom. The number of likely N-dealkylation sites (N-methyl/N-ethyl adjacent to an activating group) is 1. The van der Waals surface area contributed by atoms with E-state index in [1.54, 1.807) is 0 Å². The lowest BCUT2D eigenvalue weighted by Gasteiger charge is -2.28. The second kappa shape index (κ2) is 20.3. The first-order valence-electron chi connectivity index (χ1n) is 12.0. The molecule has 0 aromatic carbocycles. The predicted octanol–water partition coefficient (Wildman–Crippen LogP) is 4.22. The van der Waals surface area contributed by atoms with Crippen LogP contribution in [-0.2, 0) is 9.53 Å². The number of nitrogens with zero attached hydrogens (tertiary/aromatic N) is 1. The number of rotatable bonds is 18. The fraction of sp³-hybridized carbons (Fsp3) is 0.808. The van der Waals surface area contributed by atoms with Gasteiger partial charge in [-0.3, -0.25) is 0 Å². The summed E-state index contributed by atoms with van der Waals surface area (Å²) in [4.78, 5) is 12.1. The highest BCUT2D eigenvalue weighted by Crippen LogP contribution is 2.12. The highest BCUT2D eigenvalue weighted by molar-refractivity contribution is 5.70. The summed E-state index contributed by atoms with van der Waals surface area (Å²) in [5.41, 5.74) is 2.64. The van der Waals surface area contributed by atoms with Gasteiger partial charge in [0.25, 0.3) is 0 Å². The monoisotopic (exact) mass is 487 g/mol. The maximum Gasteiger partial charge on any atom is 0.362 e. The number of unbranched alkanes of at least 4 members (excludes halogenated alkanes) is 9. The topological polar surface area (TPSA) is 26.3 Å². The van der Waals surface area contributed by atoms with Crippen LogP contribution in [0.1, 0.15) is 105 Å². The maximum atomic E-state index is 12.1. The molecule has 4 heteroatoms. The van der Waals surface area contributed by atoms with Crippen LogP contribution in [0.4, 0.5) is 0 Å². The second-order valence-corrected chi connectivity index (χ2v) is 9.55. The zero-order chi connectivity index (χ0) is 22.0. The second-order valence-electron chi connectivity index (χ2n) is 9.55. The summed E-state index contributed by atoms with van der Waals surface area (Å²) in [5.74, 6) is -0.0876. The van der Waals surface area contributed by atoms with Crippen molar-refractivity contribution in [3.63, 3.8) is 0 Å². The molecule has 0 aliphatic carbocycles. The molecule has 0 radical (unpaired) electrons. The molecule has 0 spiro atoms. The molecule has 0 amide bonds. The van der Waals surface area contributed by atoms with Gasteiger partial charge in [-0.05, 0) is 52.5 Å². The quantitative estimate of drug-likeness (QED) is 0.125. The van der Waals surface area contributed by atoms with Crippen molar-refractivity contribution in [1.82, 2.24) is 0 Å². The molecule has 0 N–H and O–H groups in total. The van der Waals surface area contributed by atoms with E-state index in [9.17, 15) is 4.79 Å². The van der Waals surface area contributed by atoms with Gasteiger partial charge >= 0.3 is 5.97 Å². The first kappa shape index (κ1) is 31.6. The van der Waals surface area contributed by atoms with Crippen LogP contribution in [0.5, 0.6) is 0 Å². The maximum absolute atomic E-state index is 12.1. The molecule has 0 bridgehead atoms. The molecule has 0 atom stereocenters. The molecule has 3 nitrogen and oxygen atoms in total. The molecule has 0 aliphatic heterocycles. The van der Waals surface area contributed by atoms with Crippen molar-refractivity contribution < 1.29 is 31.0 Å². The minimum Gasteiger partial charge on any atom is -1.00 e. The zero-order valence-electron chi connectivity index (χ0n) is 20.9. The summed E-state index contributed by atoms with van der Waals surface area (Å²) in [6.07, 6.45) is 19.9.